The first-order valence-electron chi connectivity index (χ1n) is 7.61. The van der Waals surface area contributed by atoms with Crippen LogP contribution in [0.5, 0.6) is 0 Å². The van der Waals surface area contributed by atoms with Gasteiger partial charge in [-0.05, 0) is 49.1 Å². The van der Waals surface area contributed by atoms with Crippen LogP contribution in [-0.4, -0.2) is 10.5 Å². The summed E-state index contributed by atoms with van der Waals surface area (Å²) in [5.41, 5.74) is 2.65. The largest absolute Gasteiger partial charge is 0.306 e. The van der Waals surface area contributed by atoms with Crippen LogP contribution in [-0.2, 0) is 17.3 Å². The monoisotopic (exact) mass is 335 g/mol. The second-order valence-corrected chi connectivity index (χ2v) is 8.91. The fraction of sp³-hybridized carbons (Fsp3) is 0.444. The van der Waals surface area contributed by atoms with Crippen molar-refractivity contribution < 1.29 is 4.21 Å². The van der Waals surface area contributed by atoms with Crippen molar-refractivity contribution in [1.82, 2.24) is 5.32 Å². The number of hydrogen-bond acceptors (Lipinski definition) is 3. The summed E-state index contributed by atoms with van der Waals surface area (Å²) in [6, 6.07) is 10.7. The fourth-order valence-corrected chi connectivity index (χ4v) is 4.18. The summed E-state index contributed by atoms with van der Waals surface area (Å²) in [4.78, 5) is 3.66. The van der Waals surface area contributed by atoms with Gasteiger partial charge in [-0.3, -0.25) is 4.21 Å². The molecule has 120 valence electrons. The Morgan fingerprint density at radius 2 is 1.82 bits per heavy atom. The van der Waals surface area contributed by atoms with Gasteiger partial charge in [0.25, 0.3) is 0 Å². The Hall–Kier alpha value is -0.970. The van der Waals surface area contributed by atoms with Gasteiger partial charge in [0.1, 0.15) is 0 Å². The summed E-state index contributed by atoms with van der Waals surface area (Å²) in [5.74, 6) is 0.537. The molecule has 1 heterocycles. The van der Waals surface area contributed by atoms with Crippen molar-refractivity contribution in [3.8, 4) is 0 Å². The number of aryl methyl sites for hydroxylation is 2. The molecule has 0 spiro atoms. The van der Waals surface area contributed by atoms with E-state index < -0.39 is 10.8 Å². The highest BCUT2D eigenvalue weighted by Crippen LogP contribution is 2.30. The van der Waals surface area contributed by atoms with E-state index in [0.717, 1.165) is 11.4 Å². The molecule has 2 atom stereocenters. The number of thiophene rings is 1. The number of rotatable bonds is 6. The van der Waals surface area contributed by atoms with Crippen molar-refractivity contribution in [2.45, 2.75) is 45.2 Å². The minimum atomic E-state index is -0.906. The Labute approximate surface area is 140 Å². The van der Waals surface area contributed by atoms with E-state index in [-0.39, 0.29) is 0 Å². The van der Waals surface area contributed by atoms with Crippen molar-refractivity contribution >= 4 is 22.1 Å². The van der Waals surface area contributed by atoms with Gasteiger partial charge >= 0.3 is 0 Å². The van der Waals surface area contributed by atoms with Crippen LogP contribution in [0, 0.1) is 19.8 Å². The molecule has 0 radical (unpaired) electrons. The van der Waals surface area contributed by atoms with Gasteiger partial charge < -0.3 is 5.32 Å². The second kappa shape index (κ2) is 7.53. The maximum absolute atomic E-state index is 11.4. The lowest BCUT2D eigenvalue weighted by molar-refractivity contribution is 0.410. The molecule has 0 unspecified atom stereocenters. The van der Waals surface area contributed by atoms with Crippen LogP contribution >= 0.6 is 11.3 Å². The Morgan fingerprint density at radius 1 is 1.18 bits per heavy atom. The average Bonchev–Trinajstić information content (AvgIpc) is 2.78. The van der Waals surface area contributed by atoms with E-state index in [1.54, 1.807) is 6.26 Å². The number of nitrogens with one attached hydrogen (secondary N) is 1. The van der Waals surface area contributed by atoms with Crippen molar-refractivity contribution in [3.05, 3.63) is 51.2 Å². The Balaban J connectivity index is 2.09. The average molecular weight is 336 g/mol. The van der Waals surface area contributed by atoms with E-state index in [2.05, 4.69) is 51.2 Å². The molecule has 2 nitrogen and oxygen atoms in total. The van der Waals surface area contributed by atoms with Crippen LogP contribution < -0.4 is 5.32 Å². The van der Waals surface area contributed by atoms with Crippen molar-refractivity contribution in [2.24, 2.45) is 5.92 Å². The SMILES string of the molecule is Cc1cc([C@@H](NCc2ccc([S@@](C)=O)cc2)C(C)C)c(C)s1. The summed E-state index contributed by atoms with van der Waals surface area (Å²) in [6.45, 7) is 9.71. The minimum absolute atomic E-state index is 0.366. The number of benzene rings is 1. The summed E-state index contributed by atoms with van der Waals surface area (Å²) in [7, 11) is -0.906. The van der Waals surface area contributed by atoms with E-state index in [9.17, 15) is 4.21 Å². The zero-order valence-corrected chi connectivity index (χ0v) is 15.6. The van der Waals surface area contributed by atoms with Crippen molar-refractivity contribution in [1.29, 1.82) is 0 Å². The minimum Gasteiger partial charge on any atom is -0.306 e. The number of hydrogen-bond donors (Lipinski definition) is 1. The van der Waals surface area contributed by atoms with Gasteiger partial charge in [-0.2, -0.15) is 0 Å². The molecule has 0 amide bonds. The molecule has 2 aromatic rings. The molecule has 0 saturated heterocycles. The predicted octanol–water partition coefficient (Wildman–Crippen LogP) is 4.59. The summed E-state index contributed by atoms with van der Waals surface area (Å²) >= 11 is 1.87. The molecule has 0 aliphatic heterocycles. The molecular formula is C18H25NOS2. The molecule has 0 saturated carbocycles. The third-order valence-corrected chi connectivity index (χ3v) is 5.78. The van der Waals surface area contributed by atoms with Gasteiger partial charge in [-0.15, -0.1) is 11.3 Å². The molecule has 0 fully saturated rings. The predicted molar refractivity (Wildman–Crippen MR) is 97.0 cm³/mol. The zero-order chi connectivity index (χ0) is 16.3. The summed E-state index contributed by atoms with van der Waals surface area (Å²) in [5, 5.41) is 3.69. The molecule has 22 heavy (non-hydrogen) atoms. The Kier molecular flexibility index (Phi) is 5.95. The van der Waals surface area contributed by atoms with Gasteiger partial charge in [0.05, 0.1) is 0 Å². The normalized spacial score (nSPS) is 14.3. The zero-order valence-electron chi connectivity index (χ0n) is 14.0. The van der Waals surface area contributed by atoms with Gasteiger partial charge in [0.2, 0.25) is 0 Å². The molecule has 0 bridgehead atoms. The first-order chi connectivity index (χ1) is 10.4. The molecule has 0 aliphatic carbocycles. The highest BCUT2D eigenvalue weighted by Gasteiger charge is 2.19. The lowest BCUT2D eigenvalue weighted by atomic mass is 9.96. The van der Waals surface area contributed by atoms with Crippen LogP contribution in [0.3, 0.4) is 0 Å². The van der Waals surface area contributed by atoms with Crippen molar-refractivity contribution in [2.75, 3.05) is 6.26 Å². The smallest absolute Gasteiger partial charge is 0.0498 e. The first kappa shape index (κ1) is 17.4. The maximum Gasteiger partial charge on any atom is 0.0498 e. The molecule has 0 aliphatic rings. The van der Waals surface area contributed by atoms with Gasteiger partial charge in [0, 0.05) is 44.3 Å². The van der Waals surface area contributed by atoms with E-state index in [1.165, 1.54) is 20.9 Å². The molecule has 2 rings (SSSR count). The van der Waals surface area contributed by atoms with E-state index in [4.69, 9.17) is 0 Å². The molecular weight excluding hydrogens is 310 g/mol. The lowest BCUT2D eigenvalue weighted by Gasteiger charge is -2.23. The van der Waals surface area contributed by atoms with Crippen LogP contribution in [0.1, 0.15) is 40.8 Å². The van der Waals surface area contributed by atoms with Gasteiger partial charge in [-0.1, -0.05) is 26.0 Å². The van der Waals surface area contributed by atoms with E-state index in [1.807, 2.05) is 23.5 Å². The van der Waals surface area contributed by atoms with Gasteiger partial charge in [0.15, 0.2) is 0 Å². The van der Waals surface area contributed by atoms with Crippen LogP contribution in [0.25, 0.3) is 0 Å². The van der Waals surface area contributed by atoms with Crippen LogP contribution in [0.4, 0.5) is 0 Å². The lowest BCUT2D eigenvalue weighted by Crippen LogP contribution is -2.25. The summed E-state index contributed by atoms with van der Waals surface area (Å²) in [6.07, 6.45) is 1.71. The third kappa shape index (κ3) is 4.28. The van der Waals surface area contributed by atoms with Gasteiger partial charge in [-0.25, -0.2) is 0 Å². The highest BCUT2D eigenvalue weighted by molar-refractivity contribution is 7.84. The molecule has 1 aromatic heterocycles. The van der Waals surface area contributed by atoms with Crippen LogP contribution in [0.2, 0.25) is 0 Å². The second-order valence-electron chi connectivity index (χ2n) is 6.07. The van der Waals surface area contributed by atoms with Crippen LogP contribution in [0.15, 0.2) is 35.2 Å². The quantitative estimate of drug-likeness (QED) is 0.836. The molecule has 4 heteroatoms. The fourth-order valence-electron chi connectivity index (χ4n) is 2.69. The standard InChI is InChI=1S/C18H25NOS2/c1-12(2)18(17-10-13(3)21-14(17)4)19-11-15-6-8-16(9-7-15)22(5)20/h6-10,12,18-19H,11H2,1-5H3/t18-,22+/m0/s1. The van der Waals surface area contributed by atoms with Crippen molar-refractivity contribution in [3.63, 3.8) is 0 Å². The van der Waals surface area contributed by atoms with E-state index >= 15 is 0 Å². The highest BCUT2D eigenvalue weighted by atomic mass is 32.2. The molecule has 1 aromatic carbocycles. The summed E-state index contributed by atoms with van der Waals surface area (Å²) < 4.78 is 11.4. The third-order valence-electron chi connectivity index (χ3n) is 3.86. The first-order valence-corrected chi connectivity index (χ1v) is 9.98. The molecule has 1 N–H and O–H groups in total. The maximum atomic E-state index is 11.4. The van der Waals surface area contributed by atoms with E-state index in [0.29, 0.717) is 12.0 Å². The Morgan fingerprint density at radius 3 is 2.27 bits per heavy atom. The Bertz CT molecular complexity index is 644. The topological polar surface area (TPSA) is 29.1 Å².